The molecule has 9 nitrogen and oxygen atoms in total. The zero-order chi connectivity index (χ0) is 18.6. The van der Waals surface area contributed by atoms with E-state index in [9.17, 15) is 31.5 Å². The molecule has 1 aliphatic heterocycles. The summed E-state index contributed by atoms with van der Waals surface area (Å²) < 4.78 is 64.6. The van der Waals surface area contributed by atoms with Gasteiger partial charge in [0, 0.05) is 18.2 Å². The molecular formula is C12H10F3N5O4S. The van der Waals surface area contributed by atoms with Crippen LogP contribution < -0.4 is 5.32 Å². The fraction of sp³-hybridized carbons (Fsp3) is 0.333. The number of sulfone groups is 1. The van der Waals surface area contributed by atoms with Crippen molar-refractivity contribution in [3.63, 3.8) is 0 Å². The van der Waals surface area contributed by atoms with Crippen molar-refractivity contribution in [1.29, 1.82) is 0 Å². The summed E-state index contributed by atoms with van der Waals surface area (Å²) in [4.78, 5) is 11.3. The van der Waals surface area contributed by atoms with Gasteiger partial charge in [0.25, 0.3) is 5.91 Å². The lowest BCUT2D eigenvalue weighted by atomic mass is 9.99. The second-order valence-corrected chi connectivity index (χ2v) is 7.25. The van der Waals surface area contributed by atoms with Crippen molar-refractivity contribution in [2.45, 2.75) is 17.2 Å². The SMILES string of the molecule is Cn1nnnc1NC(=O)c1ccc(C(F)(F)F)c2c1C(O)CS2(=O)=O. The molecule has 0 spiro atoms. The van der Waals surface area contributed by atoms with E-state index in [-0.39, 0.29) is 5.95 Å². The van der Waals surface area contributed by atoms with Gasteiger partial charge in [-0.25, -0.2) is 13.1 Å². The van der Waals surface area contributed by atoms with E-state index in [1.807, 2.05) is 0 Å². The second kappa shape index (κ2) is 5.49. The molecule has 0 saturated carbocycles. The van der Waals surface area contributed by atoms with Crippen molar-refractivity contribution < 1.29 is 31.5 Å². The highest BCUT2D eigenvalue weighted by Crippen LogP contribution is 2.44. The Morgan fingerprint density at radius 3 is 2.64 bits per heavy atom. The number of amides is 1. The van der Waals surface area contributed by atoms with E-state index < -0.39 is 55.4 Å². The van der Waals surface area contributed by atoms with Gasteiger partial charge in [-0.3, -0.25) is 10.1 Å². The number of hydrogen-bond acceptors (Lipinski definition) is 7. The molecule has 3 rings (SSSR count). The Morgan fingerprint density at radius 1 is 1.40 bits per heavy atom. The molecule has 1 aromatic carbocycles. The summed E-state index contributed by atoms with van der Waals surface area (Å²) in [5, 5.41) is 22.4. The monoisotopic (exact) mass is 377 g/mol. The number of aryl methyl sites for hydroxylation is 1. The molecule has 1 aliphatic rings. The molecule has 2 heterocycles. The van der Waals surface area contributed by atoms with Crippen molar-refractivity contribution in [2.24, 2.45) is 7.05 Å². The first kappa shape index (κ1) is 17.3. The Kier molecular flexibility index (Phi) is 3.79. The third kappa shape index (κ3) is 2.84. The molecule has 1 amide bonds. The predicted octanol–water partition coefficient (Wildman–Crippen LogP) is 0.302. The van der Waals surface area contributed by atoms with E-state index in [1.165, 1.54) is 7.05 Å². The highest BCUT2D eigenvalue weighted by atomic mass is 32.2. The number of alkyl halides is 3. The van der Waals surface area contributed by atoms with E-state index in [1.54, 1.807) is 0 Å². The Morgan fingerprint density at radius 2 is 2.08 bits per heavy atom. The van der Waals surface area contributed by atoms with Gasteiger partial charge in [0.15, 0.2) is 9.84 Å². The third-order valence-electron chi connectivity index (χ3n) is 3.61. The molecule has 0 radical (unpaired) electrons. The van der Waals surface area contributed by atoms with Gasteiger partial charge < -0.3 is 5.11 Å². The van der Waals surface area contributed by atoms with Gasteiger partial charge in [-0.2, -0.15) is 13.2 Å². The van der Waals surface area contributed by atoms with Crippen LogP contribution in [0.3, 0.4) is 0 Å². The zero-order valence-corrected chi connectivity index (χ0v) is 13.3. The first-order valence-corrected chi connectivity index (χ1v) is 8.36. The van der Waals surface area contributed by atoms with Crippen molar-refractivity contribution in [2.75, 3.05) is 11.1 Å². The second-order valence-electron chi connectivity index (χ2n) is 5.28. The average molecular weight is 377 g/mol. The smallest absolute Gasteiger partial charge is 0.387 e. The molecule has 2 aromatic rings. The summed E-state index contributed by atoms with van der Waals surface area (Å²) in [6.07, 6.45) is -6.70. The number of hydrogen-bond donors (Lipinski definition) is 2. The van der Waals surface area contributed by atoms with Crippen LogP contribution in [-0.2, 0) is 23.1 Å². The highest BCUT2D eigenvalue weighted by Gasteiger charge is 2.46. The molecule has 0 bridgehead atoms. The number of tetrazole rings is 1. The minimum absolute atomic E-state index is 0.103. The first-order valence-electron chi connectivity index (χ1n) is 6.71. The largest absolute Gasteiger partial charge is 0.417 e. The minimum Gasteiger partial charge on any atom is -0.387 e. The molecule has 0 fully saturated rings. The first-order chi connectivity index (χ1) is 11.5. The van der Waals surface area contributed by atoms with Gasteiger partial charge in [0.05, 0.1) is 22.3 Å². The molecule has 1 atom stereocenters. The van der Waals surface area contributed by atoms with E-state index in [0.29, 0.717) is 6.07 Å². The number of benzene rings is 1. The number of anilines is 1. The summed E-state index contributed by atoms with van der Waals surface area (Å²) in [7, 11) is -2.98. The van der Waals surface area contributed by atoms with Crippen LogP contribution in [0.1, 0.15) is 27.6 Å². The molecule has 0 aliphatic carbocycles. The van der Waals surface area contributed by atoms with Crippen molar-refractivity contribution in [3.05, 3.63) is 28.8 Å². The molecule has 0 saturated heterocycles. The maximum Gasteiger partial charge on any atom is 0.417 e. The fourth-order valence-electron chi connectivity index (χ4n) is 2.57. The number of fused-ring (bicyclic) bond motifs is 1. The number of aliphatic hydroxyl groups is 1. The predicted molar refractivity (Wildman–Crippen MR) is 75.2 cm³/mol. The van der Waals surface area contributed by atoms with Crippen molar-refractivity contribution in [3.8, 4) is 0 Å². The Labute approximate surface area is 138 Å². The normalized spacial score (nSPS) is 18.8. The maximum absolute atomic E-state index is 13.1. The number of aliphatic hydroxyl groups excluding tert-OH is 1. The van der Waals surface area contributed by atoms with Gasteiger partial charge in [0.1, 0.15) is 0 Å². The van der Waals surface area contributed by atoms with Crippen LogP contribution in [0, 0.1) is 0 Å². The fourth-order valence-corrected chi connectivity index (χ4v) is 4.41. The van der Waals surface area contributed by atoms with Gasteiger partial charge in [-0.05, 0) is 22.6 Å². The lowest BCUT2D eigenvalue weighted by Gasteiger charge is -2.15. The number of aromatic nitrogens is 4. The maximum atomic E-state index is 13.1. The number of nitrogens with zero attached hydrogens (tertiary/aromatic N) is 4. The van der Waals surface area contributed by atoms with E-state index in [4.69, 9.17) is 0 Å². The van der Waals surface area contributed by atoms with Crippen LogP contribution in [0.4, 0.5) is 19.1 Å². The number of carbonyl (C=O) groups is 1. The number of rotatable bonds is 2. The zero-order valence-electron chi connectivity index (χ0n) is 12.4. The topological polar surface area (TPSA) is 127 Å². The molecule has 25 heavy (non-hydrogen) atoms. The minimum atomic E-state index is -4.95. The van der Waals surface area contributed by atoms with Crippen LogP contribution in [0.25, 0.3) is 0 Å². The van der Waals surface area contributed by atoms with Gasteiger partial charge in [-0.15, -0.1) is 0 Å². The molecule has 2 N–H and O–H groups in total. The molecule has 134 valence electrons. The van der Waals surface area contributed by atoms with Crippen molar-refractivity contribution >= 4 is 21.7 Å². The van der Waals surface area contributed by atoms with Crippen molar-refractivity contribution in [1.82, 2.24) is 20.2 Å². The summed E-state index contributed by atoms with van der Waals surface area (Å²) in [5.41, 5.74) is -2.40. The van der Waals surface area contributed by atoms with E-state index in [0.717, 1.165) is 10.7 Å². The Hall–Kier alpha value is -2.54. The molecule has 1 unspecified atom stereocenters. The number of nitrogens with one attached hydrogen (secondary N) is 1. The summed E-state index contributed by atoms with van der Waals surface area (Å²) in [6.45, 7) is 0. The number of carbonyl (C=O) groups excluding carboxylic acids is 1. The number of halogens is 3. The molecule has 1 aromatic heterocycles. The van der Waals surface area contributed by atoms with Crippen LogP contribution in [-0.4, -0.2) is 45.4 Å². The Balaban J connectivity index is 2.16. The van der Waals surface area contributed by atoms with Crippen LogP contribution >= 0.6 is 0 Å². The molecule has 13 heteroatoms. The van der Waals surface area contributed by atoms with Gasteiger partial charge in [0.2, 0.25) is 5.95 Å². The lowest BCUT2D eigenvalue weighted by molar-refractivity contribution is -0.140. The van der Waals surface area contributed by atoms with E-state index >= 15 is 0 Å². The summed E-state index contributed by atoms with van der Waals surface area (Å²) >= 11 is 0. The van der Waals surface area contributed by atoms with Gasteiger partial charge in [-0.1, -0.05) is 5.10 Å². The quantitative estimate of drug-likeness (QED) is 0.771. The average Bonchev–Trinajstić information content (AvgIpc) is 2.99. The van der Waals surface area contributed by atoms with Crippen LogP contribution in [0.2, 0.25) is 0 Å². The van der Waals surface area contributed by atoms with Crippen LogP contribution in [0.5, 0.6) is 0 Å². The van der Waals surface area contributed by atoms with E-state index in [2.05, 4.69) is 20.8 Å². The van der Waals surface area contributed by atoms with Crippen LogP contribution in [0.15, 0.2) is 17.0 Å². The summed E-state index contributed by atoms with van der Waals surface area (Å²) in [5.74, 6) is -1.98. The molecular weight excluding hydrogens is 367 g/mol. The Bertz CT molecular complexity index is 970. The lowest BCUT2D eigenvalue weighted by Crippen LogP contribution is -2.19. The third-order valence-corrected chi connectivity index (χ3v) is 5.43. The highest BCUT2D eigenvalue weighted by molar-refractivity contribution is 7.91. The standard InChI is InChI=1S/C12H10F3N5O4S/c1-20-11(17-18-19-20)16-10(22)5-2-3-6(12(13,14)15)9-8(5)7(21)4-25(9,23)24/h2-3,7,21H,4H2,1H3,(H,16,17,19,22). The van der Waals surface area contributed by atoms with Gasteiger partial charge >= 0.3 is 6.18 Å². The summed E-state index contributed by atoms with van der Waals surface area (Å²) in [6, 6.07) is 1.31.